The van der Waals surface area contributed by atoms with Gasteiger partial charge in [-0.3, -0.25) is 19.1 Å². The molecule has 9 nitrogen and oxygen atoms in total. The topological polar surface area (TPSA) is 131 Å². The highest BCUT2D eigenvalue weighted by Crippen LogP contribution is 2.74. The molecule has 0 amide bonds. The van der Waals surface area contributed by atoms with E-state index in [1.165, 1.54) is 10.8 Å². The molecule has 9 heteroatoms. The van der Waals surface area contributed by atoms with Gasteiger partial charge in [-0.05, 0) is 26.7 Å². The molecule has 5 atom stereocenters. The Balaban J connectivity index is 1.59. The summed E-state index contributed by atoms with van der Waals surface area (Å²) in [6.07, 6.45) is 0.370. The number of carbonyl (C=O) groups excluding carboxylic acids is 1. The first-order chi connectivity index (χ1) is 12.1. The number of aromatic amines is 1. The first-order valence-electron chi connectivity index (χ1n) is 8.72. The number of hydrogen-bond donors (Lipinski definition) is 3. The molecule has 3 fully saturated rings. The zero-order valence-corrected chi connectivity index (χ0v) is 14.7. The summed E-state index contributed by atoms with van der Waals surface area (Å²) >= 11 is 0. The third-order valence-corrected chi connectivity index (χ3v) is 6.03. The number of ether oxygens (including phenoxy) is 2. The van der Waals surface area contributed by atoms with Crippen LogP contribution < -0.4 is 11.2 Å². The summed E-state index contributed by atoms with van der Waals surface area (Å²) in [6, 6.07) is 0. The molecule has 3 aliphatic rings. The van der Waals surface area contributed by atoms with Crippen LogP contribution in [0, 0.1) is 12.3 Å². The number of fused-ring (bicyclic) bond motifs is 3. The van der Waals surface area contributed by atoms with E-state index >= 15 is 0 Å². The zero-order chi connectivity index (χ0) is 18.9. The number of H-pyrrole nitrogens is 1. The van der Waals surface area contributed by atoms with Gasteiger partial charge in [-0.15, -0.1) is 0 Å². The number of carbonyl (C=O) groups is 1. The number of nitrogens with one attached hydrogen (secondary N) is 1. The maximum absolute atomic E-state index is 12.1. The Morgan fingerprint density at radius 3 is 2.81 bits per heavy atom. The molecule has 1 aromatic heterocycles. The minimum atomic E-state index is -1.34. The van der Waals surface area contributed by atoms with Gasteiger partial charge in [0.1, 0.15) is 17.9 Å². The van der Waals surface area contributed by atoms with Gasteiger partial charge in [0.25, 0.3) is 5.56 Å². The molecule has 142 valence electrons. The van der Waals surface area contributed by atoms with Gasteiger partial charge in [-0.1, -0.05) is 0 Å². The van der Waals surface area contributed by atoms with E-state index < -0.39 is 46.2 Å². The van der Waals surface area contributed by atoms with E-state index in [2.05, 4.69) is 4.98 Å². The molecule has 0 bridgehead atoms. The lowest BCUT2D eigenvalue weighted by atomic mass is 9.88. The van der Waals surface area contributed by atoms with Crippen molar-refractivity contribution in [1.29, 1.82) is 0 Å². The third kappa shape index (κ3) is 2.23. The van der Waals surface area contributed by atoms with Crippen LogP contribution in [-0.2, 0) is 14.3 Å². The van der Waals surface area contributed by atoms with Crippen LogP contribution in [0.5, 0.6) is 0 Å². The van der Waals surface area contributed by atoms with Crippen molar-refractivity contribution in [3.05, 3.63) is 32.6 Å². The summed E-state index contributed by atoms with van der Waals surface area (Å²) in [5, 5.41) is 22.0. The predicted octanol–water partition coefficient (Wildman–Crippen LogP) is -0.658. The van der Waals surface area contributed by atoms with Crippen molar-refractivity contribution >= 4 is 5.97 Å². The second-order valence-electron chi connectivity index (χ2n) is 7.80. The quantitative estimate of drug-likeness (QED) is 0.603. The fraction of sp³-hybridized carbons (Fsp3) is 0.706. The molecule has 4 rings (SSSR count). The third-order valence-electron chi connectivity index (χ3n) is 6.03. The van der Waals surface area contributed by atoms with Crippen molar-refractivity contribution in [2.75, 3.05) is 6.61 Å². The van der Waals surface area contributed by atoms with Crippen LogP contribution >= 0.6 is 0 Å². The summed E-state index contributed by atoms with van der Waals surface area (Å²) in [6.45, 7) is 3.54. The number of nitrogens with zero attached hydrogens (tertiary/aromatic N) is 1. The lowest BCUT2D eigenvalue weighted by molar-refractivity contribution is -0.145. The summed E-state index contributed by atoms with van der Waals surface area (Å²) in [5.74, 6) is -0.406. The van der Waals surface area contributed by atoms with E-state index in [1.807, 2.05) is 0 Å². The van der Waals surface area contributed by atoms with Gasteiger partial charge in [-0.2, -0.15) is 0 Å². The summed E-state index contributed by atoms with van der Waals surface area (Å²) in [5.41, 5.74) is -4.15. The Labute approximate surface area is 148 Å². The van der Waals surface area contributed by atoms with Crippen LogP contribution in [-0.4, -0.2) is 49.6 Å². The molecular weight excluding hydrogens is 344 g/mol. The van der Waals surface area contributed by atoms with Gasteiger partial charge in [0.15, 0.2) is 0 Å². The Morgan fingerprint density at radius 2 is 2.15 bits per heavy atom. The average molecular weight is 366 g/mol. The fourth-order valence-corrected chi connectivity index (χ4v) is 4.84. The second kappa shape index (κ2) is 5.28. The van der Waals surface area contributed by atoms with Gasteiger partial charge >= 0.3 is 11.7 Å². The molecule has 26 heavy (non-hydrogen) atoms. The van der Waals surface area contributed by atoms with Crippen molar-refractivity contribution in [1.82, 2.24) is 9.55 Å². The van der Waals surface area contributed by atoms with E-state index in [0.717, 1.165) is 0 Å². The molecule has 2 heterocycles. The Morgan fingerprint density at radius 1 is 1.42 bits per heavy atom. The smallest absolute Gasteiger partial charge is 0.330 e. The largest absolute Gasteiger partial charge is 0.466 e. The number of rotatable bonds is 4. The first-order valence-corrected chi connectivity index (χ1v) is 8.72. The number of aryl methyl sites for hydroxylation is 1. The van der Waals surface area contributed by atoms with Crippen LogP contribution in [0.2, 0.25) is 0 Å². The predicted molar refractivity (Wildman–Crippen MR) is 87.4 cm³/mol. The molecule has 0 spiro atoms. The van der Waals surface area contributed by atoms with Crippen LogP contribution in [0.1, 0.15) is 44.4 Å². The molecule has 3 N–H and O–H groups in total. The van der Waals surface area contributed by atoms with E-state index in [-0.39, 0.29) is 25.9 Å². The van der Waals surface area contributed by atoms with Gasteiger partial charge in [0, 0.05) is 23.6 Å². The highest BCUT2D eigenvalue weighted by atomic mass is 16.6. The van der Waals surface area contributed by atoms with Crippen molar-refractivity contribution in [2.24, 2.45) is 5.41 Å². The van der Waals surface area contributed by atoms with Crippen LogP contribution in [0.25, 0.3) is 0 Å². The molecule has 2 aliphatic carbocycles. The molecule has 1 unspecified atom stereocenters. The standard InChI is InChI=1S/C17H22N2O7/c1-3-25-11(20)5-15-7-16(23)4-10(26-13(16)17(15,24)8-15)19-6-9(2)12(21)18-14(19)22/h6,10,13,23-24H,3-5,7-8H2,1-2H3,(H,18,21,22)/t10-,13?,15-,16-,17+/m1/s1. The fourth-order valence-electron chi connectivity index (χ4n) is 4.84. The highest BCUT2D eigenvalue weighted by molar-refractivity contribution is 5.72. The maximum Gasteiger partial charge on any atom is 0.330 e. The van der Waals surface area contributed by atoms with Gasteiger partial charge < -0.3 is 19.7 Å². The van der Waals surface area contributed by atoms with Crippen molar-refractivity contribution < 1.29 is 24.5 Å². The monoisotopic (exact) mass is 366 g/mol. The number of esters is 1. The van der Waals surface area contributed by atoms with Gasteiger partial charge in [0.2, 0.25) is 0 Å². The molecule has 1 aliphatic heterocycles. The van der Waals surface area contributed by atoms with Crippen LogP contribution in [0.15, 0.2) is 15.8 Å². The Hall–Kier alpha value is -1.97. The van der Waals surface area contributed by atoms with Gasteiger partial charge in [0.05, 0.1) is 18.6 Å². The van der Waals surface area contributed by atoms with E-state index in [1.54, 1.807) is 13.8 Å². The number of hydrogen-bond acceptors (Lipinski definition) is 7. The van der Waals surface area contributed by atoms with E-state index in [0.29, 0.717) is 12.0 Å². The molecular formula is C17H22N2O7. The minimum absolute atomic E-state index is 0.0297. The van der Waals surface area contributed by atoms with E-state index in [9.17, 15) is 24.6 Å². The summed E-state index contributed by atoms with van der Waals surface area (Å²) in [4.78, 5) is 37.7. The molecule has 1 saturated heterocycles. The van der Waals surface area contributed by atoms with Crippen molar-refractivity contribution in [2.45, 2.75) is 63.1 Å². The number of aromatic nitrogens is 2. The normalized spacial score (nSPS) is 40.2. The first kappa shape index (κ1) is 17.4. The molecule has 0 radical (unpaired) electrons. The van der Waals surface area contributed by atoms with Gasteiger partial charge in [-0.25, -0.2) is 4.79 Å². The summed E-state index contributed by atoms with van der Waals surface area (Å²) in [7, 11) is 0. The van der Waals surface area contributed by atoms with Crippen molar-refractivity contribution in [3.8, 4) is 0 Å². The average Bonchev–Trinajstić information content (AvgIpc) is 2.84. The summed E-state index contributed by atoms with van der Waals surface area (Å²) < 4.78 is 12.1. The van der Waals surface area contributed by atoms with E-state index in [4.69, 9.17) is 9.47 Å². The SMILES string of the molecule is CCOC(=O)C[C@]12C[C@]3(O)C[C@H](n4cc(C)c(=O)[nH]c4=O)OC3[C@@]1(O)C2. The number of aliphatic hydroxyl groups is 2. The Kier molecular flexibility index (Phi) is 3.54. The highest BCUT2D eigenvalue weighted by Gasteiger charge is 2.83. The zero-order valence-electron chi connectivity index (χ0n) is 14.7. The molecule has 0 aromatic carbocycles. The van der Waals surface area contributed by atoms with Crippen LogP contribution in [0.4, 0.5) is 0 Å². The van der Waals surface area contributed by atoms with Crippen LogP contribution in [0.3, 0.4) is 0 Å². The lowest BCUT2D eigenvalue weighted by Crippen LogP contribution is -2.42. The molecule has 1 aromatic rings. The second-order valence-corrected chi connectivity index (χ2v) is 7.80. The minimum Gasteiger partial charge on any atom is -0.466 e. The lowest BCUT2D eigenvalue weighted by Gasteiger charge is -2.25. The Bertz CT molecular complexity index is 892. The molecule has 2 saturated carbocycles. The van der Waals surface area contributed by atoms with Crippen molar-refractivity contribution in [3.63, 3.8) is 0 Å². The maximum atomic E-state index is 12.1.